The highest BCUT2D eigenvalue weighted by Gasteiger charge is 2.23. The van der Waals surface area contributed by atoms with Crippen molar-refractivity contribution in [2.24, 2.45) is 5.41 Å². The molecule has 1 N–H and O–H groups in total. The Balaban J connectivity index is 4.14. The second-order valence-corrected chi connectivity index (χ2v) is 7.44. The molecule has 1 unspecified atom stereocenters. The molecular weight excluding hydrogens is 334 g/mol. The standard InChI is InChI=1S/C20H37NO5/c1-6-25-18(23)13-11-9-8-10-12-16(19(24)26-7-2)21-15-14-17(22)20(3,4)5/h16,21H,6-15H2,1-5H3. The van der Waals surface area contributed by atoms with Crippen LogP contribution in [0.5, 0.6) is 0 Å². The number of hydrogen-bond donors (Lipinski definition) is 1. The molecule has 0 aromatic rings. The average molecular weight is 372 g/mol. The maximum atomic E-state index is 12.1. The van der Waals surface area contributed by atoms with Crippen LogP contribution < -0.4 is 5.32 Å². The predicted octanol–water partition coefficient (Wildman–Crippen LogP) is 3.42. The Labute approximate surface area is 158 Å². The molecule has 6 nitrogen and oxygen atoms in total. The largest absolute Gasteiger partial charge is 0.466 e. The fourth-order valence-corrected chi connectivity index (χ4v) is 2.49. The molecule has 1 atom stereocenters. The van der Waals surface area contributed by atoms with E-state index in [2.05, 4.69) is 5.32 Å². The van der Waals surface area contributed by atoms with Gasteiger partial charge in [0.1, 0.15) is 11.8 Å². The summed E-state index contributed by atoms with van der Waals surface area (Å²) in [5, 5.41) is 3.16. The van der Waals surface area contributed by atoms with E-state index in [1.165, 1.54) is 0 Å². The van der Waals surface area contributed by atoms with Crippen molar-refractivity contribution in [1.29, 1.82) is 0 Å². The topological polar surface area (TPSA) is 81.7 Å². The van der Waals surface area contributed by atoms with Crippen LogP contribution in [0.15, 0.2) is 0 Å². The number of carbonyl (C=O) groups is 3. The second-order valence-electron chi connectivity index (χ2n) is 7.44. The zero-order chi connectivity index (χ0) is 20.0. The highest BCUT2D eigenvalue weighted by atomic mass is 16.5. The van der Waals surface area contributed by atoms with Gasteiger partial charge >= 0.3 is 11.9 Å². The van der Waals surface area contributed by atoms with Crippen LogP contribution in [-0.2, 0) is 23.9 Å². The Bertz CT molecular complexity index is 428. The number of esters is 2. The Morgan fingerprint density at radius 1 is 0.885 bits per heavy atom. The number of nitrogens with one attached hydrogen (secondary N) is 1. The summed E-state index contributed by atoms with van der Waals surface area (Å²) < 4.78 is 10.0. The van der Waals surface area contributed by atoms with Crippen molar-refractivity contribution in [2.75, 3.05) is 19.8 Å². The van der Waals surface area contributed by atoms with E-state index in [-0.39, 0.29) is 29.2 Å². The molecule has 0 aliphatic rings. The third-order valence-corrected chi connectivity index (χ3v) is 4.08. The molecule has 0 rings (SSSR count). The number of ketones is 1. The molecule has 0 bridgehead atoms. The van der Waals surface area contributed by atoms with Crippen LogP contribution in [0.2, 0.25) is 0 Å². The first-order valence-electron chi connectivity index (χ1n) is 9.81. The average Bonchev–Trinajstić information content (AvgIpc) is 2.55. The molecule has 0 amide bonds. The molecule has 26 heavy (non-hydrogen) atoms. The first-order chi connectivity index (χ1) is 12.2. The van der Waals surface area contributed by atoms with Gasteiger partial charge in [-0.2, -0.15) is 0 Å². The minimum Gasteiger partial charge on any atom is -0.466 e. The lowest BCUT2D eigenvalue weighted by molar-refractivity contribution is -0.146. The maximum absolute atomic E-state index is 12.1. The van der Waals surface area contributed by atoms with Gasteiger partial charge in [-0.25, -0.2) is 0 Å². The zero-order valence-corrected chi connectivity index (χ0v) is 17.2. The van der Waals surface area contributed by atoms with E-state index in [4.69, 9.17) is 9.47 Å². The van der Waals surface area contributed by atoms with Crippen molar-refractivity contribution >= 4 is 17.7 Å². The van der Waals surface area contributed by atoms with Crippen molar-refractivity contribution in [3.05, 3.63) is 0 Å². The summed E-state index contributed by atoms with van der Waals surface area (Å²) >= 11 is 0. The molecule has 0 heterocycles. The fraction of sp³-hybridized carbons (Fsp3) is 0.850. The van der Waals surface area contributed by atoms with Crippen molar-refractivity contribution in [2.45, 2.75) is 85.6 Å². The van der Waals surface area contributed by atoms with E-state index in [0.717, 1.165) is 25.7 Å². The SMILES string of the molecule is CCOC(=O)CCCCCCC(NCCC(=O)C(C)(C)C)C(=O)OCC. The van der Waals surface area contributed by atoms with Crippen LogP contribution in [0.4, 0.5) is 0 Å². The minimum atomic E-state index is -0.382. The van der Waals surface area contributed by atoms with Gasteiger partial charge in [0, 0.05) is 24.8 Å². The number of unbranched alkanes of at least 4 members (excludes halogenated alkanes) is 3. The van der Waals surface area contributed by atoms with Crippen LogP contribution in [0.1, 0.15) is 79.6 Å². The van der Waals surface area contributed by atoms with E-state index in [0.29, 0.717) is 39.0 Å². The lowest BCUT2D eigenvalue weighted by Gasteiger charge is -2.20. The predicted molar refractivity (Wildman–Crippen MR) is 102 cm³/mol. The third-order valence-electron chi connectivity index (χ3n) is 4.08. The minimum absolute atomic E-state index is 0.151. The Hall–Kier alpha value is -1.43. The molecule has 0 aromatic heterocycles. The van der Waals surface area contributed by atoms with Gasteiger partial charge in [0.05, 0.1) is 13.2 Å². The Morgan fingerprint density at radius 3 is 2.08 bits per heavy atom. The Kier molecular flexibility index (Phi) is 13.0. The van der Waals surface area contributed by atoms with E-state index in [9.17, 15) is 14.4 Å². The molecule has 0 saturated heterocycles. The van der Waals surface area contributed by atoms with Gasteiger partial charge in [-0.3, -0.25) is 14.4 Å². The van der Waals surface area contributed by atoms with Gasteiger partial charge in [-0.15, -0.1) is 0 Å². The lowest BCUT2D eigenvalue weighted by Crippen LogP contribution is -2.40. The summed E-state index contributed by atoms with van der Waals surface area (Å²) in [6.07, 6.45) is 5.06. The summed E-state index contributed by atoms with van der Waals surface area (Å²) in [6.45, 7) is 10.5. The summed E-state index contributed by atoms with van der Waals surface area (Å²) in [7, 11) is 0. The highest BCUT2D eigenvalue weighted by Crippen LogP contribution is 2.16. The molecule has 0 aliphatic carbocycles. The molecule has 0 saturated carbocycles. The molecule has 0 radical (unpaired) electrons. The smallest absolute Gasteiger partial charge is 0.323 e. The number of hydrogen-bond acceptors (Lipinski definition) is 6. The fourth-order valence-electron chi connectivity index (χ4n) is 2.49. The maximum Gasteiger partial charge on any atom is 0.323 e. The monoisotopic (exact) mass is 371 g/mol. The molecule has 0 aliphatic heterocycles. The molecule has 0 fully saturated rings. The normalized spacial score (nSPS) is 12.5. The molecule has 0 spiro atoms. The lowest BCUT2D eigenvalue weighted by atomic mass is 9.89. The van der Waals surface area contributed by atoms with E-state index in [1.54, 1.807) is 13.8 Å². The van der Waals surface area contributed by atoms with Gasteiger partial charge in [0.25, 0.3) is 0 Å². The van der Waals surface area contributed by atoms with E-state index < -0.39 is 0 Å². The number of carbonyl (C=O) groups excluding carboxylic acids is 3. The second kappa shape index (κ2) is 13.7. The van der Waals surface area contributed by atoms with Gasteiger partial charge in [0.2, 0.25) is 0 Å². The van der Waals surface area contributed by atoms with E-state index >= 15 is 0 Å². The van der Waals surface area contributed by atoms with E-state index in [1.807, 2.05) is 20.8 Å². The summed E-state index contributed by atoms with van der Waals surface area (Å²) in [5.74, 6) is -0.240. The van der Waals surface area contributed by atoms with Crippen LogP contribution in [0.3, 0.4) is 0 Å². The quantitative estimate of drug-likeness (QED) is 0.372. The number of ether oxygens (including phenoxy) is 2. The van der Waals surface area contributed by atoms with Crippen LogP contribution >= 0.6 is 0 Å². The summed E-state index contributed by atoms with van der Waals surface area (Å²) in [6, 6.07) is -0.382. The Morgan fingerprint density at radius 2 is 1.50 bits per heavy atom. The zero-order valence-electron chi connectivity index (χ0n) is 17.2. The van der Waals surface area contributed by atoms with Crippen molar-refractivity contribution < 1.29 is 23.9 Å². The van der Waals surface area contributed by atoms with Crippen molar-refractivity contribution in [3.63, 3.8) is 0 Å². The van der Waals surface area contributed by atoms with Crippen LogP contribution in [0.25, 0.3) is 0 Å². The first kappa shape index (κ1) is 24.6. The summed E-state index contributed by atoms with van der Waals surface area (Å²) in [5.41, 5.74) is -0.361. The number of Topliss-reactive ketones (excluding diaryl/α,β-unsaturated/α-hetero) is 1. The van der Waals surface area contributed by atoms with Crippen LogP contribution in [0, 0.1) is 5.41 Å². The van der Waals surface area contributed by atoms with Gasteiger partial charge in [0.15, 0.2) is 0 Å². The third kappa shape index (κ3) is 12.0. The van der Waals surface area contributed by atoms with Crippen molar-refractivity contribution in [1.82, 2.24) is 5.32 Å². The highest BCUT2D eigenvalue weighted by molar-refractivity contribution is 5.83. The first-order valence-corrected chi connectivity index (χ1v) is 9.81. The van der Waals surface area contributed by atoms with Crippen LogP contribution in [-0.4, -0.2) is 43.5 Å². The van der Waals surface area contributed by atoms with Gasteiger partial charge in [-0.1, -0.05) is 40.0 Å². The molecular formula is C20H37NO5. The van der Waals surface area contributed by atoms with Crippen molar-refractivity contribution in [3.8, 4) is 0 Å². The summed E-state index contributed by atoms with van der Waals surface area (Å²) in [4.78, 5) is 35.3. The molecule has 0 aromatic carbocycles. The van der Waals surface area contributed by atoms with Gasteiger partial charge in [-0.05, 0) is 26.7 Å². The van der Waals surface area contributed by atoms with Gasteiger partial charge < -0.3 is 14.8 Å². The molecule has 6 heteroatoms. The molecule has 152 valence electrons. The number of rotatable bonds is 14.